The molecule has 2 rings (SSSR count). The second-order valence-corrected chi connectivity index (χ2v) is 3.66. The summed E-state index contributed by atoms with van der Waals surface area (Å²) in [5.74, 6) is -1.22. The number of fused-ring (bicyclic) bond motifs is 1. The lowest BCUT2D eigenvalue weighted by molar-refractivity contribution is 0.0699. The number of carboxylic acid groups (broad SMARTS) is 1. The highest BCUT2D eigenvalue weighted by Gasteiger charge is 2.20. The lowest BCUT2D eigenvalue weighted by Gasteiger charge is -1.99. The van der Waals surface area contributed by atoms with Crippen LogP contribution in [0.2, 0.25) is 0 Å². The third-order valence-corrected chi connectivity index (χ3v) is 2.79. The minimum absolute atomic E-state index is 0.0463. The van der Waals surface area contributed by atoms with Gasteiger partial charge >= 0.3 is 5.97 Å². The fraction of sp³-hybridized carbons (Fsp3) is 0.111. The van der Waals surface area contributed by atoms with Crippen molar-refractivity contribution >= 4 is 27.6 Å². The maximum atomic E-state index is 12.5. The number of rotatable bonds is 2. The molecule has 0 amide bonds. The third kappa shape index (κ3) is 1.56. The summed E-state index contributed by atoms with van der Waals surface area (Å²) in [6.45, 7) is 0. The fourth-order valence-electron chi connectivity index (χ4n) is 1.34. The summed E-state index contributed by atoms with van der Waals surface area (Å²) in [6.07, 6.45) is -2.75. The smallest absolute Gasteiger partial charge is 0.336 e. The molecule has 0 bridgehead atoms. The van der Waals surface area contributed by atoms with Crippen LogP contribution in [0.5, 0.6) is 0 Å². The van der Waals surface area contributed by atoms with E-state index in [1.54, 1.807) is 6.07 Å². The van der Waals surface area contributed by atoms with Gasteiger partial charge in [-0.3, -0.25) is 0 Å². The highest BCUT2D eigenvalue weighted by Crippen LogP contribution is 2.32. The lowest BCUT2D eigenvalue weighted by atomic mass is 10.1. The molecule has 0 saturated carbocycles. The maximum Gasteiger partial charge on any atom is 0.336 e. The first-order valence-corrected chi connectivity index (χ1v) is 4.78. The predicted octanol–water partition coefficient (Wildman–Crippen LogP) is 2.93. The van der Waals surface area contributed by atoms with Crippen LogP contribution >= 0.6 is 11.5 Å². The Morgan fingerprint density at radius 1 is 1.47 bits per heavy atom. The Labute approximate surface area is 87.1 Å². The van der Waals surface area contributed by atoms with Gasteiger partial charge in [-0.25, -0.2) is 13.6 Å². The van der Waals surface area contributed by atoms with E-state index in [2.05, 4.69) is 4.37 Å². The van der Waals surface area contributed by atoms with E-state index < -0.39 is 18.1 Å². The molecule has 2 aromatic rings. The van der Waals surface area contributed by atoms with Crippen LogP contribution in [0.15, 0.2) is 18.2 Å². The Balaban J connectivity index is 2.80. The first-order chi connectivity index (χ1) is 7.11. The SMILES string of the molecule is O=C(O)c1cccc2snc(C(F)F)c12. The molecular weight excluding hydrogens is 224 g/mol. The number of halogens is 2. The largest absolute Gasteiger partial charge is 0.478 e. The Hall–Kier alpha value is -1.56. The lowest BCUT2D eigenvalue weighted by Crippen LogP contribution is -1.98. The van der Waals surface area contributed by atoms with Crippen molar-refractivity contribution in [2.75, 3.05) is 0 Å². The molecule has 1 aromatic carbocycles. The van der Waals surface area contributed by atoms with Gasteiger partial charge in [0.25, 0.3) is 6.43 Å². The molecule has 78 valence electrons. The number of benzene rings is 1. The van der Waals surface area contributed by atoms with E-state index in [9.17, 15) is 13.6 Å². The average Bonchev–Trinajstić information content (AvgIpc) is 2.60. The molecule has 3 nitrogen and oxygen atoms in total. The zero-order valence-corrected chi connectivity index (χ0v) is 8.09. The van der Waals surface area contributed by atoms with Gasteiger partial charge in [0.15, 0.2) is 0 Å². The Morgan fingerprint density at radius 3 is 2.80 bits per heavy atom. The van der Waals surface area contributed by atoms with Crippen molar-refractivity contribution < 1.29 is 18.7 Å². The summed E-state index contributed by atoms with van der Waals surface area (Å²) in [5, 5.41) is 8.89. The minimum Gasteiger partial charge on any atom is -0.478 e. The quantitative estimate of drug-likeness (QED) is 0.861. The first kappa shape index (κ1) is 9.97. The molecule has 6 heteroatoms. The van der Waals surface area contributed by atoms with Gasteiger partial charge < -0.3 is 5.11 Å². The van der Waals surface area contributed by atoms with Gasteiger partial charge in [-0.05, 0) is 23.7 Å². The Bertz CT molecular complexity index is 524. The average molecular weight is 229 g/mol. The molecule has 1 N–H and O–H groups in total. The molecule has 0 aliphatic carbocycles. The second kappa shape index (κ2) is 3.54. The van der Waals surface area contributed by atoms with Crippen molar-refractivity contribution in [2.24, 2.45) is 0 Å². The molecule has 0 atom stereocenters. The van der Waals surface area contributed by atoms with E-state index in [4.69, 9.17) is 5.11 Å². The normalized spacial score (nSPS) is 11.1. The van der Waals surface area contributed by atoms with Crippen molar-refractivity contribution in [3.63, 3.8) is 0 Å². The molecule has 0 unspecified atom stereocenters. The standard InChI is InChI=1S/C9H5F2NO2S/c10-8(11)7-6-4(9(13)14)2-1-3-5(6)15-12-7/h1-3,8H,(H,13,14). The topological polar surface area (TPSA) is 50.2 Å². The number of hydrogen-bond acceptors (Lipinski definition) is 3. The Morgan fingerprint density at radius 2 is 2.20 bits per heavy atom. The van der Waals surface area contributed by atoms with E-state index in [1.807, 2.05) is 0 Å². The number of alkyl halides is 2. The van der Waals surface area contributed by atoms with Gasteiger partial charge in [-0.15, -0.1) is 0 Å². The van der Waals surface area contributed by atoms with Gasteiger partial charge in [-0.2, -0.15) is 4.37 Å². The van der Waals surface area contributed by atoms with E-state index in [1.165, 1.54) is 12.1 Å². The van der Waals surface area contributed by atoms with Crippen LogP contribution in [0.3, 0.4) is 0 Å². The molecule has 15 heavy (non-hydrogen) atoms. The highest BCUT2D eigenvalue weighted by molar-refractivity contribution is 7.13. The Kier molecular flexibility index (Phi) is 2.36. The van der Waals surface area contributed by atoms with Crippen molar-refractivity contribution in [2.45, 2.75) is 6.43 Å². The summed E-state index contributed by atoms with van der Waals surface area (Å²) in [4.78, 5) is 10.8. The summed E-state index contributed by atoms with van der Waals surface area (Å²) >= 11 is 0.881. The molecule has 0 fully saturated rings. The molecule has 0 aliphatic heterocycles. The molecule has 0 saturated heterocycles. The molecule has 1 aromatic heterocycles. The van der Waals surface area contributed by atoms with Crippen molar-refractivity contribution in [3.05, 3.63) is 29.5 Å². The van der Waals surface area contributed by atoms with Gasteiger partial charge in [-0.1, -0.05) is 6.07 Å². The monoisotopic (exact) mass is 229 g/mol. The van der Waals surface area contributed by atoms with Crippen LogP contribution in [0.25, 0.3) is 10.1 Å². The number of carbonyl (C=O) groups is 1. The predicted molar refractivity (Wildman–Crippen MR) is 51.5 cm³/mol. The van der Waals surface area contributed by atoms with E-state index in [-0.39, 0.29) is 10.9 Å². The van der Waals surface area contributed by atoms with Crippen molar-refractivity contribution in [1.29, 1.82) is 0 Å². The number of carboxylic acids is 1. The van der Waals surface area contributed by atoms with E-state index in [0.29, 0.717) is 4.70 Å². The van der Waals surface area contributed by atoms with Gasteiger partial charge in [0.05, 0.1) is 10.3 Å². The molecule has 0 spiro atoms. The van der Waals surface area contributed by atoms with Crippen LogP contribution in [0.4, 0.5) is 8.78 Å². The molecule has 0 aliphatic rings. The molecular formula is C9H5F2NO2S. The van der Waals surface area contributed by atoms with Crippen LogP contribution in [-0.4, -0.2) is 15.4 Å². The van der Waals surface area contributed by atoms with Gasteiger partial charge in [0, 0.05) is 5.39 Å². The summed E-state index contributed by atoms with van der Waals surface area (Å²) in [5.41, 5.74) is -0.579. The first-order valence-electron chi connectivity index (χ1n) is 4.01. The number of aromatic nitrogens is 1. The van der Waals surface area contributed by atoms with Crippen LogP contribution in [-0.2, 0) is 0 Å². The number of aromatic carboxylic acids is 1. The molecule has 1 heterocycles. The summed E-state index contributed by atoms with van der Waals surface area (Å²) in [7, 11) is 0. The minimum atomic E-state index is -2.75. The van der Waals surface area contributed by atoms with E-state index >= 15 is 0 Å². The van der Waals surface area contributed by atoms with Crippen molar-refractivity contribution in [3.8, 4) is 0 Å². The zero-order chi connectivity index (χ0) is 11.0. The summed E-state index contributed by atoms with van der Waals surface area (Å²) in [6, 6.07) is 4.38. The van der Waals surface area contributed by atoms with Gasteiger partial charge in [0.2, 0.25) is 0 Å². The van der Waals surface area contributed by atoms with E-state index in [0.717, 1.165) is 11.5 Å². The maximum absolute atomic E-state index is 12.5. The van der Waals surface area contributed by atoms with Crippen LogP contribution < -0.4 is 0 Å². The fourth-order valence-corrected chi connectivity index (χ4v) is 2.16. The molecule has 0 radical (unpaired) electrons. The second-order valence-electron chi connectivity index (χ2n) is 2.85. The number of hydrogen-bond donors (Lipinski definition) is 1. The van der Waals surface area contributed by atoms with Crippen LogP contribution in [0.1, 0.15) is 22.5 Å². The summed E-state index contributed by atoms with van der Waals surface area (Å²) < 4.78 is 29.1. The van der Waals surface area contributed by atoms with Crippen LogP contribution in [0, 0.1) is 0 Å². The van der Waals surface area contributed by atoms with Crippen molar-refractivity contribution in [1.82, 2.24) is 4.37 Å². The zero-order valence-electron chi connectivity index (χ0n) is 7.28. The number of nitrogens with zero attached hydrogens (tertiary/aromatic N) is 1. The van der Waals surface area contributed by atoms with Gasteiger partial charge in [0.1, 0.15) is 5.69 Å². The highest BCUT2D eigenvalue weighted by atomic mass is 32.1. The third-order valence-electron chi connectivity index (χ3n) is 1.96.